The molecule has 4 nitrogen and oxygen atoms in total. The lowest BCUT2D eigenvalue weighted by Gasteiger charge is -1.96. The molecule has 3 aromatic heterocycles. The lowest BCUT2D eigenvalue weighted by molar-refractivity contribution is 0.547. The van der Waals surface area contributed by atoms with Crippen molar-refractivity contribution in [3.63, 3.8) is 0 Å². The van der Waals surface area contributed by atoms with E-state index >= 15 is 0 Å². The molecule has 1 N–H and O–H groups in total. The molecule has 0 aliphatic carbocycles. The van der Waals surface area contributed by atoms with Crippen molar-refractivity contribution in [2.24, 2.45) is 0 Å². The Kier molecular flexibility index (Phi) is 3.84. The molecule has 3 heterocycles. The molecular formula is C16H13N3OS3. The van der Waals surface area contributed by atoms with Crippen LogP contribution in [0, 0.1) is 6.92 Å². The van der Waals surface area contributed by atoms with E-state index in [1.807, 2.05) is 24.4 Å². The van der Waals surface area contributed by atoms with Crippen LogP contribution in [0.5, 0.6) is 0 Å². The summed E-state index contributed by atoms with van der Waals surface area (Å²) in [6.45, 7) is 1.93. The van der Waals surface area contributed by atoms with Gasteiger partial charge in [0.05, 0.1) is 10.2 Å². The van der Waals surface area contributed by atoms with E-state index in [9.17, 15) is 0 Å². The van der Waals surface area contributed by atoms with Crippen molar-refractivity contribution in [3.05, 3.63) is 41.5 Å². The molecule has 4 aromatic rings. The highest BCUT2D eigenvalue weighted by molar-refractivity contribution is 7.98. The fourth-order valence-electron chi connectivity index (χ4n) is 2.25. The minimum Gasteiger partial charge on any atom is -0.460 e. The number of nitrogens with one attached hydrogen (secondary N) is 1. The van der Waals surface area contributed by atoms with E-state index in [1.165, 1.54) is 9.60 Å². The third-order valence-corrected chi connectivity index (χ3v) is 5.78. The third kappa shape index (κ3) is 2.87. The van der Waals surface area contributed by atoms with Gasteiger partial charge in [-0.15, -0.1) is 23.1 Å². The number of thiazole rings is 2. The Morgan fingerprint density at radius 3 is 2.83 bits per heavy atom. The fraction of sp³-hybridized carbons (Fsp3) is 0.125. The van der Waals surface area contributed by atoms with Gasteiger partial charge in [-0.3, -0.25) is 0 Å². The van der Waals surface area contributed by atoms with Crippen LogP contribution in [0.4, 0.5) is 10.3 Å². The van der Waals surface area contributed by atoms with Crippen molar-refractivity contribution >= 4 is 54.9 Å². The first-order valence-corrected chi connectivity index (χ1v) is 9.88. The van der Waals surface area contributed by atoms with Gasteiger partial charge in [0.15, 0.2) is 16.0 Å². The molecule has 0 unspecified atom stereocenters. The Bertz CT molecular complexity index is 970. The van der Waals surface area contributed by atoms with Gasteiger partial charge >= 0.3 is 0 Å². The number of rotatable bonds is 4. The molecule has 0 radical (unpaired) electrons. The molecule has 0 aliphatic rings. The van der Waals surface area contributed by atoms with Gasteiger partial charge in [-0.1, -0.05) is 17.4 Å². The molecule has 116 valence electrons. The van der Waals surface area contributed by atoms with Crippen molar-refractivity contribution in [3.8, 4) is 11.5 Å². The number of aromatic nitrogens is 2. The number of thioether (sulfide) groups is 1. The number of fused-ring (bicyclic) bond motifs is 1. The molecule has 0 saturated heterocycles. The van der Waals surface area contributed by atoms with Crippen LogP contribution >= 0.6 is 34.4 Å². The minimum atomic E-state index is 0.792. The van der Waals surface area contributed by atoms with Crippen molar-refractivity contribution in [1.82, 2.24) is 9.97 Å². The molecule has 0 bridgehead atoms. The number of benzene rings is 1. The average Bonchev–Trinajstić information content (AvgIpc) is 3.25. The quantitative estimate of drug-likeness (QED) is 0.468. The van der Waals surface area contributed by atoms with E-state index in [1.54, 1.807) is 34.4 Å². The Balaban J connectivity index is 1.62. The van der Waals surface area contributed by atoms with Gasteiger partial charge in [-0.05, 0) is 37.4 Å². The summed E-state index contributed by atoms with van der Waals surface area (Å²) in [5, 5.41) is 6.97. The molecule has 0 spiro atoms. The normalized spacial score (nSPS) is 11.2. The summed E-state index contributed by atoms with van der Waals surface area (Å²) >= 11 is 4.90. The topological polar surface area (TPSA) is 51.0 Å². The predicted molar refractivity (Wildman–Crippen MR) is 99.2 cm³/mol. The van der Waals surface area contributed by atoms with Crippen molar-refractivity contribution < 1.29 is 4.42 Å². The lowest BCUT2D eigenvalue weighted by Crippen LogP contribution is -1.88. The van der Waals surface area contributed by atoms with Crippen LogP contribution in [0.15, 0.2) is 45.0 Å². The number of hydrogen-bond acceptors (Lipinski definition) is 7. The summed E-state index contributed by atoms with van der Waals surface area (Å²) in [6.07, 6.45) is 2.07. The summed E-state index contributed by atoms with van der Waals surface area (Å²) in [6, 6.07) is 10.1. The van der Waals surface area contributed by atoms with Gasteiger partial charge in [0, 0.05) is 10.3 Å². The Morgan fingerprint density at radius 1 is 1.13 bits per heavy atom. The van der Waals surface area contributed by atoms with E-state index in [-0.39, 0.29) is 0 Å². The van der Waals surface area contributed by atoms with E-state index in [0.29, 0.717) is 0 Å². The summed E-state index contributed by atoms with van der Waals surface area (Å²) in [7, 11) is 0. The number of furan rings is 1. The maximum absolute atomic E-state index is 5.61. The highest BCUT2D eigenvalue weighted by atomic mass is 32.2. The van der Waals surface area contributed by atoms with Gasteiger partial charge in [0.1, 0.15) is 11.5 Å². The van der Waals surface area contributed by atoms with Gasteiger partial charge in [0.25, 0.3) is 0 Å². The number of nitrogens with zero attached hydrogens (tertiary/aromatic N) is 2. The van der Waals surface area contributed by atoms with Crippen molar-refractivity contribution in [2.75, 3.05) is 11.6 Å². The lowest BCUT2D eigenvalue weighted by atomic mass is 10.3. The molecule has 0 amide bonds. The Hall–Kier alpha value is -1.83. The summed E-state index contributed by atoms with van der Waals surface area (Å²) in [5.74, 6) is 1.68. The number of anilines is 2. The fourth-order valence-corrected chi connectivity index (χ4v) is 4.53. The predicted octanol–water partition coefficient (Wildman–Crippen LogP) is 5.79. The first-order valence-electron chi connectivity index (χ1n) is 6.96. The SMILES string of the molecule is CSc1cccc2sc(Nc3nc(-c4ccc(C)o4)cs3)nc12. The van der Waals surface area contributed by atoms with Crippen LogP contribution in [-0.4, -0.2) is 16.2 Å². The second kappa shape index (κ2) is 5.99. The molecule has 0 saturated carbocycles. The molecule has 7 heteroatoms. The maximum atomic E-state index is 5.61. The highest BCUT2D eigenvalue weighted by Crippen LogP contribution is 2.35. The smallest absolute Gasteiger partial charge is 0.190 e. The molecule has 0 fully saturated rings. The molecular weight excluding hydrogens is 346 g/mol. The first kappa shape index (κ1) is 14.7. The Morgan fingerprint density at radius 2 is 2.04 bits per heavy atom. The van der Waals surface area contributed by atoms with Crippen LogP contribution < -0.4 is 5.32 Å². The third-order valence-electron chi connectivity index (χ3n) is 3.31. The number of para-hydroxylation sites is 1. The molecule has 0 atom stereocenters. The van der Waals surface area contributed by atoms with Crippen LogP contribution in [0.2, 0.25) is 0 Å². The summed E-state index contributed by atoms with van der Waals surface area (Å²) in [5.41, 5.74) is 1.89. The highest BCUT2D eigenvalue weighted by Gasteiger charge is 2.11. The van der Waals surface area contributed by atoms with E-state index in [2.05, 4.69) is 34.8 Å². The zero-order valence-corrected chi connectivity index (χ0v) is 14.9. The zero-order valence-electron chi connectivity index (χ0n) is 12.5. The standard InChI is InChI=1S/C16H13N3OS3/c1-9-6-7-11(20-9)10-8-22-15(17-10)19-16-18-14-12(21-2)4-3-5-13(14)23-16/h3-8H,1-2H3,(H,17,18,19). The second-order valence-corrected chi connectivity index (χ2v) is 7.64. The van der Waals surface area contributed by atoms with Gasteiger partial charge in [0.2, 0.25) is 0 Å². The molecule has 1 aromatic carbocycles. The second-order valence-electron chi connectivity index (χ2n) is 4.90. The zero-order chi connectivity index (χ0) is 15.8. The first-order chi connectivity index (χ1) is 11.2. The van der Waals surface area contributed by atoms with Gasteiger partial charge in [-0.2, -0.15) is 0 Å². The van der Waals surface area contributed by atoms with E-state index < -0.39 is 0 Å². The Labute approximate surface area is 145 Å². The van der Waals surface area contributed by atoms with E-state index in [0.717, 1.165) is 33.0 Å². The summed E-state index contributed by atoms with van der Waals surface area (Å²) in [4.78, 5) is 10.5. The van der Waals surface area contributed by atoms with Gasteiger partial charge in [-0.25, -0.2) is 9.97 Å². The molecule has 0 aliphatic heterocycles. The van der Waals surface area contributed by atoms with Gasteiger partial charge < -0.3 is 9.73 Å². The van der Waals surface area contributed by atoms with Crippen LogP contribution in [-0.2, 0) is 0 Å². The average molecular weight is 360 g/mol. The number of aryl methyl sites for hydroxylation is 1. The molecule has 23 heavy (non-hydrogen) atoms. The summed E-state index contributed by atoms with van der Waals surface area (Å²) < 4.78 is 6.79. The monoisotopic (exact) mass is 359 g/mol. The van der Waals surface area contributed by atoms with Crippen molar-refractivity contribution in [2.45, 2.75) is 11.8 Å². The number of hydrogen-bond donors (Lipinski definition) is 1. The van der Waals surface area contributed by atoms with E-state index in [4.69, 9.17) is 9.40 Å². The van der Waals surface area contributed by atoms with Crippen LogP contribution in [0.1, 0.15) is 5.76 Å². The van der Waals surface area contributed by atoms with Crippen LogP contribution in [0.25, 0.3) is 21.7 Å². The minimum absolute atomic E-state index is 0.792. The van der Waals surface area contributed by atoms with Crippen molar-refractivity contribution in [1.29, 1.82) is 0 Å². The maximum Gasteiger partial charge on any atom is 0.190 e. The molecule has 4 rings (SSSR count). The van der Waals surface area contributed by atoms with Crippen LogP contribution in [0.3, 0.4) is 0 Å². The largest absolute Gasteiger partial charge is 0.460 e.